The summed E-state index contributed by atoms with van der Waals surface area (Å²) >= 11 is 0. The second-order valence-corrected chi connectivity index (χ2v) is 8.35. The Morgan fingerprint density at radius 3 is 2.35 bits per heavy atom. The van der Waals surface area contributed by atoms with Crippen LogP contribution in [-0.2, 0) is 9.84 Å². The van der Waals surface area contributed by atoms with Crippen molar-refractivity contribution in [3.63, 3.8) is 0 Å². The zero-order valence-corrected chi connectivity index (χ0v) is 15.1. The summed E-state index contributed by atoms with van der Waals surface area (Å²) in [6.07, 6.45) is 1.99. The van der Waals surface area contributed by atoms with Gasteiger partial charge in [0, 0.05) is 24.9 Å². The Balaban J connectivity index is 3.02. The number of hydrogen-bond donors (Lipinski definition) is 1. The molecule has 0 aromatic heterocycles. The second kappa shape index (κ2) is 7.74. The maximum absolute atomic E-state index is 11.5. The average molecular weight is 343 g/mol. The number of nitrogens with one attached hydrogen (secondary N) is 1. The minimum Gasteiger partial charge on any atom is -0.378 e. The molecular weight excluding hydrogens is 318 g/mol. The van der Waals surface area contributed by atoms with E-state index >= 15 is 0 Å². The van der Waals surface area contributed by atoms with E-state index in [1.54, 1.807) is 0 Å². The molecule has 0 radical (unpaired) electrons. The van der Waals surface area contributed by atoms with Crippen LogP contribution >= 0.6 is 0 Å². The number of nitrogens with zero attached hydrogens (tertiary/aromatic N) is 2. The zero-order valence-electron chi connectivity index (χ0n) is 14.2. The highest BCUT2D eigenvalue weighted by Crippen LogP contribution is 2.28. The summed E-state index contributed by atoms with van der Waals surface area (Å²) < 4.78 is 23.1. The SMILES string of the molecule is CC(C)CC(CNc1ccc(S(C)(=O)=O)cc1[N+](=O)[O-])N(C)C. The first-order valence-electron chi connectivity index (χ1n) is 7.41. The van der Waals surface area contributed by atoms with Crippen LogP contribution in [0.4, 0.5) is 11.4 Å². The topological polar surface area (TPSA) is 92.5 Å². The molecule has 0 amide bonds. The maximum Gasteiger partial charge on any atom is 0.293 e. The van der Waals surface area contributed by atoms with Gasteiger partial charge >= 0.3 is 0 Å². The lowest BCUT2D eigenvalue weighted by Gasteiger charge is -2.26. The standard InChI is InChI=1S/C15H25N3O4S/c1-11(2)8-12(17(3)4)10-16-14-7-6-13(23(5,21)22)9-15(14)18(19)20/h6-7,9,11-12,16H,8,10H2,1-5H3. The number of rotatable bonds is 8. The normalized spacial score (nSPS) is 13.3. The molecule has 0 aliphatic rings. The monoisotopic (exact) mass is 343 g/mol. The van der Waals surface area contributed by atoms with Crippen molar-refractivity contribution in [2.45, 2.75) is 31.2 Å². The van der Waals surface area contributed by atoms with Crippen LogP contribution in [0.3, 0.4) is 0 Å². The number of sulfone groups is 1. The van der Waals surface area contributed by atoms with Gasteiger partial charge in [-0.05, 0) is 38.6 Å². The summed E-state index contributed by atoms with van der Waals surface area (Å²) in [7, 11) is 0.460. The first kappa shape index (κ1) is 19.4. The van der Waals surface area contributed by atoms with Crippen LogP contribution < -0.4 is 5.32 Å². The Labute approximate surface area is 137 Å². The second-order valence-electron chi connectivity index (χ2n) is 6.34. The predicted octanol–water partition coefficient (Wildman–Crippen LogP) is 2.39. The van der Waals surface area contributed by atoms with E-state index in [0.717, 1.165) is 18.7 Å². The van der Waals surface area contributed by atoms with E-state index < -0.39 is 14.8 Å². The molecule has 0 aliphatic heterocycles. The van der Waals surface area contributed by atoms with Gasteiger partial charge in [0.2, 0.25) is 0 Å². The number of anilines is 1. The molecule has 0 saturated carbocycles. The zero-order chi connectivity index (χ0) is 17.8. The molecule has 1 aromatic carbocycles. The Kier molecular flexibility index (Phi) is 6.52. The van der Waals surface area contributed by atoms with E-state index in [2.05, 4.69) is 24.1 Å². The van der Waals surface area contributed by atoms with Gasteiger partial charge in [-0.1, -0.05) is 13.8 Å². The average Bonchev–Trinajstić information content (AvgIpc) is 2.41. The summed E-state index contributed by atoms with van der Waals surface area (Å²) in [4.78, 5) is 12.7. The molecule has 8 heteroatoms. The van der Waals surface area contributed by atoms with Crippen molar-refractivity contribution in [2.75, 3.05) is 32.2 Å². The first-order valence-corrected chi connectivity index (χ1v) is 9.30. The third-order valence-electron chi connectivity index (χ3n) is 3.60. The molecule has 0 bridgehead atoms. The van der Waals surface area contributed by atoms with E-state index in [4.69, 9.17) is 0 Å². The molecule has 0 aliphatic carbocycles. The summed E-state index contributed by atoms with van der Waals surface area (Å²) in [5.74, 6) is 0.506. The maximum atomic E-state index is 11.5. The fourth-order valence-electron chi connectivity index (χ4n) is 2.29. The lowest BCUT2D eigenvalue weighted by molar-refractivity contribution is -0.384. The molecule has 130 valence electrons. The highest BCUT2D eigenvalue weighted by Gasteiger charge is 2.20. The van der Waals surface area contributed by atoms with Gasteiger partial charge < -0.3 is 10.2 Å². The number of benzene rings is 1. The van der Waals surface area contributed by atoms with Crippen molar-refractivity contribution in [2.24, 2.45) is 5.92 Å². The van der Waals surface area contributed by atoms with Crippen molar-refractivity contribution in [1.29, 1.82) is 0 Å². The lowest BCUT2D eigenvalue weighted by atomic mass is 10.0. The van der Waals surface area contributed by atoms with Gasteiger partial charge in [0.05, 0.1) is 9.82 Å². The number of nitro benzene ring substituents is 1. The lowest BCUT2D eigenvalue weighted by Crippen LogP contribution is -2.35. The van der Waals surface area contributed by atoms with Gasteiger partial charge in [-0.2, -0.15) is 0 Å². The minimum absolute atomic E-state index is 0.0545. The fourth-order valence-corrected chi connectivity index (χ4v) is 2.93. The van der Waals surface area contributed by atoms with Crippen LogP contribution in [-0.4, -0.2) is 51.2 Å². The molecule has 1 rings (SSSR count). The summed E-state index contributed by atoms with van der Waals surface area (Å²) in [5, 5.41) is 14.3. The van der Waals surface area contributed by atoms with E-state index in [0.29, 0.717) is 18.2 Å². The molecular formula is C15H25N3O4S. The third-order valence-corrected chi connectivity index (χ3v) is 4.71. The molecule has 1 aromatic rings. The summed E-state index contributed by atoms with van der Waals surface area (Å²) in [6.45, 7) is 4.80. The Morgan fingerprint density at radius 1 is 1.30 bits per heavy atom. The van der Waals surface area contributed by atoms with Crippen LogP contribution in [0.25, 0.3) is 0 Å². The molecule has 7 nitrogen and oxygen atoms in total. The van der Waals surface area contributed by atoms with E-state index in [9.17, 15) is 18.5 Å². The van der Waals surface area contributed by atoms with Crippen molar-refractivity contribution < 1.29 is 13.3 Å². The van der Waals surface area contributed by atoms with Crippen LogP contribution in [0.15, 0.2) is 23.1 Å². The number of hydrogen-bond acceptors (Lipinski definition) is 6. The summed E-state index contributed by atoms with van der Waals surface area (Å²) in [5.41, 5.74) is 0.105. The molecule has 1 N–H and O–H groups in total. The van der Waals surface area contributed by atoms with Gasteiger partial charge in [-0.25, -0.2) is 8.42 Å². The largest absolute Gasteiger partial charge is 0.378 e. The van der Waals surface area contributed by atoms with Crippen LogP contribution in [0, 0.1) is 16.0 Å². The molecule has 23 heavy (non-hydrogen) atoms. The molecule has 0 saturated heterocycles. The number of nitro groups is 1. The van der Waals surface area contributed by atoms with Gasteiger partial charge in [-0.15, -0.1) is 0 Å². The number of likely N-dealkylation sites (N-methyl/N-ethyl adjacent to an activating group) is 1. The fraction of sp³-hybridized carbons (Fsp3) is 0.600. The van der Waals surface area contributed by atoms with E-state index in [1.165, 1.54) is 12.1 Å². The Bertz CT molecular complexity index is 657. The summed E-state index contributed by atoms with van der Waals surface area (Å²) in [6, 6.07) is 4.17. The van der Waals surface area contributed by atoms with Crippen molar-refractivity contribution >= 4 is 21.2 Å². The highest BCUT2D eigenvalue weighted by molar-refractivity contribution is 7.90. The Hall–Kier alpha value is -1.67. The van der Waals surface area contributed by atoms with Gasteiger partial charge in [0.15, 0.2) is 9.84 Å². The predicted molar refractivity (Wildman–Crippen MR) is 91.6 cm³/mol. The van der Waals surface area contributed by atoms with E-state index in [-0.39, 0.29) is 16.6 Å². The van der Waals surface area contributed by atoms with Crippen molar-refractivity contribution in [3.05, 3.63) is 28.3 Å². The van der Waals surface area contributed by atoms with E-state index in [1.807, 2.05) is 14.1 Å². The van der Waals surface area contributed by atoms with Crippen molar-refractivity contribution in [1.82, 2.24) is 4.90 Å². The third kappa shape index (κ3) is 5.80. The minimum atomic E-state index is -3.48. The highest BCUT2D eigenvalue weighted by atomic mass is 32.2. The van der Waals surface area contributed by atoms with Crippen LogP contribution in [0.1, 0.15) is 20.3 Å². The molecule has 1 unspecified atom stereocenters. The smallest absolute Gasteiger partial charge is 0.293 e. The Morgan fingerprint density at radius 2 is 1.91 bits per heavy atom. The molecule has 0 spiro atoms. The van der Waals surface area contributed by atoms with Gasteiger partial charge in [0.1, 0.15) is 5.69 Å². The first-order chi connectivity index (χ1) is 10.5. The quantitative estimate of drug-likeness (QED) is 0.575. The molecule has 0 fully saturated rings. The van der Waals surface area contributed by atoms with Gasteiger partial charge in [0.25, 0.3) is 5.69 Å². The molecule has 1 atom stereocenters. The van der Waals surface area contributed by atoms with Crippen LogP contribution in [0.5, 0.6) is 0 Å². The van der Waals surface area contributed by atoms with Crippen LogP contribution in [0.2, 0.25) is 0 Å². The molecule has 0 heterocycles. The van der Waals surface area contributed by atoms with Crippen molar-refractivity contribution in [3.8, 4) is 0 Å². The van der Waals surface area contributed by atoms with Gasteiger partial charge in [-0.3, -0.25) is 10.1 Å².